The Hall–Kier alpha value is -2.09. The van der Waals surface area contributed by atoms with Gasteiger partial charge in [-0.1, -0.05) is 6.07 Å². The molecule has 0 aliphatic carbocycles. The second-order valence-electron chi connectivity index (χ2n) is 6.66. The van der Waals surface area contributed by atoms with E-state index in [2.05, 4.69) is 10.3 Å². The first-order chi connectivity index (χ1) is 13.4. The monoisotopic (exact) mass is 448 g/mol. The molecule has 1 aromatic rings. The summed E-state index contributed by atoms with van der Waals surface area (Å²) in [6.07, 6.45) is 5.08. The third-order valence-electron chi connectivity index (χ3n) is 4.46. The topological polar surface area (TPSA) is 143 Å². The van der Waals surface area contributed by atoms with Gasteiger partial charge in [0, 0.05) is 38.4 Å². The summed E-state index contributed by atoms with van der Waals surface area (Å²) in [4.78, 5) is 29.0. The molecule has 2 heterocycles. The average molecular weight is 449 g/mol. The molecule has 0 bridgehead atoms. The van der Waals surface area contributed by atoms with Crippen molar-refractivity contribution in [3.63, 3.8) is 0 Å². The van der Waals surface area contributed by atoms with E-state index in [0.717, 1.165) is 21.1 Å². The van der Waals surface area contributed by atoms with Crippen LogP contribution in [0.2, 0.25) is 0 Å². The van der Waals surface area contributed by atoms with Crippen LogP contribution in [0.25, 0.3) is 0 Å². The molecule has 1 fully saturated rings. The van der Waals surface area contributed by atoms with E-state index in [1.54, 1.807) is 18.3 Å². The predicted molar refractivity (Wildman–Crippen MR) is 104 cm³/mol. The fourth-order valence-electron chi connectivity index (χ4n) is 3.01. The number of nitrogens with one attached hydrogen (secondary N) is 1. The quantitative estimate of drug-likeness (QED) is 0.481. The number of ether oxygens (including phenoxy) is 1. The summed E-state index contributed by atoms with van der Waals surface area (Å²) in [6.45, 7) is -0.584. The molecule has 2 rings (SSSR count). The van der Waals surface area contributed by atoms with Gasteiger partial charge < -0.3 is 10.1 Å². The number of carbonyl (C=O) groups excluding carboxylic acids is 2. The van der Waals surface area contributed by atoms with Crippen LogP contribution in [0.3, 0.4) is 0 Å². The van der Waals surface area contributed by atoms with Crippen molar-refractivity contribution in [1.82, 2.24) is 18.9 Å². The molecule has 29 heavy (non-hydrogen) atoms. The SMILES string of the molecule is COC(=O)C(Cc1cccnc1)NC(=O)C1CN(S(C)(=O)=O)CCN1S(C)(=O)=O. The van der Waals surface area contributed by atoms with Gasteiger partial charge in [-0.05, 0) is 11.6 Å². The summed E-state index contributed by atoms with van der Waals surface area (Å²) < 4.78 is 54.7. The third kappa shape index (κ3) is 6.19. The van der Waals surface area contributed by atoms with Crippen molar-refractivity contribution in [2.45, 2.75) is 18.5 Å². The molecular formula is C16H24N4O7S2. The van der Waals surface area contributed by atoms with Crippen molar-refractivity contribution in [3.05, 3.63) is 30.1 Å². The van der Waals surface area contributed by atoms with Crippen LogP contribution in [-0.4, -0.2) is 93.6 Å². The maximum Gasteiger partial charge on any atom is 0.328 e. The number of amides is 1. The lowest BCUT2D eigenvalue weighted by Crippen LogP contribution is -2.62. The Morgan fingerprint density at radius 1 is 1.24 bits per heavy atom. The van der Waals surface area contributed by atoms with Gasteiger partial charge in [0.05, 0.1) is 19.6 Å². The summed E-state index contributed by atoms with van der Waals surface area (Å²) in [5, 5.41) is 2.49. The normalized spacial score (nSPS) is 20.0. The summed E-state index contributed by atoms with van der Waals surface area (Å²) in [5.74, 6) is -1.51. The van der Waals surface area contributed by atoms with E-state index >= 15 is 0 Å². The molecule has 1 aliphatic rings. The maximum absolute atomic E-state index is 12.9. The van der Waals surface area contributed by atoms with Crippen LogP contribution < -0.4 is 5.32 Å². The lowest BCUT2D eigenvalue weighted by molar-refractivity contribution is -0.145. The Morgan fingerprint density at radius 2 is 1.93 bits per heavy atom. The zero-order valence-electron chi connectivity index (χ0n) is 16.3. The Labute approximate surface area is 170 Å². The highest BCUT2D eigenvalue weighted by Gasteiger charge is 2.41. The molecule has 1 N–H and O–H groups in total. The zero-order valence-corrected chi connectivity index (χ0v) is 17.9. The van der Waals surface area contributed by atoms with Gasteiger partial charge in [0.1, 0.15) is 12.1 Å². The van der Waals surface area contributed by atoms with E-state index in [1.807, 2.05) is 0 Å². The molecule has 11 nitrogen and oxygen atoms in total. The minimum atomic E-state index is -3.78. The van der Waals surface area contributed by atoms with Gasteiger partial charge >= 0.3 is 5.97 Å². The first-order valence-electron chi connectivity index (χ1n) is 8.62. The highest BCUT2D eigenvalue weighted by atomic mass is 32.2. The van der Waals surface area contributed by atoms with Crippen molar-refractivity contribution in [2.75, 3.05) is 39.3 Å². The number of aromatic nitrogens is 1. The molecule has 1 amide bonds. The Bertz CT molecular complexity index is 951. The number of sulfonamides is 2. The van der Waals surface area contributed by atoms with E-state index in [-0.39, 0.29) is 26.1 Å². The van der Waals surface area contributed by atoms with Gasteiger partial charge in [0.2, 0.25) is 26.0 Å². The maximum atomic E-state index is 12.9. The third-order valence-corrected chi connectivity index (χ3v) is 7.02. The smallest absolute Gasteiger partial charge is 0.328 e. The lowest BCUT2D eigenvalue weighted by atomic mass is 10.1. The van der Waals surface area contributed by atoms with E-state index in [0.29, 0.717) is 5.56 Å². The van der Waals surface area contributed by atoms with Gasteiger partial charge in [-0.3, -0.25) is 9.78 Å². The minimum absolute atomic E-state index is 0.0637. The summed E-state index contributed by atoms with van der Waals surface area (Å²) in [5.41, 5.74) is 0.657. The largest absolute Gasteiger partial charge is 0.467 e. The van der Waals surface area contributed by atoms with Crippen LogP contribution in [-0.2, 0) is 40.8 Å². The van der Waals surface area contributed by atoms with Crippen LogP contribution in [0, 0.1) is 0 Å². The fourth-order valence-corrected chi connectivity index (χ4v) is 4.87. The van der Waals surface area contributed by atoms with E-state index in [4.69, 9.17) is 4.74 Å². The number of piperazine rings is 1. The van der Waals surface area contributed by atoms with Crippen molar-refractivity contribution in [2.24, 2.45) is 0 Å². The predicted octanol–water partition coefficient (Wildman–Crippen LogP) is -1.81. The Balaban J connectivity index is 2.26. The average Bonchev–Trinajstić information content (AvgIpc) is 2.65. The summed E-state index contributed by atoms with van der Waals surface area (Å²) >= 11 is 0. The second kappa shape index (κ2) is 9.15. The molecule has 1 aromatic heterocycles. The molecule has 0 spiro atoms. The number of pyridine rings is 1. The van der Waals surface area contributed by atoms with Gasteiger partial charge in [-0.2, -0.15) is 8.61 Å². The number of nitrogens with zero attached hydrogens (tertiary/aromatic N) is 3. The van der Waals surface area contributed by atoms with Gasteiger partial charge in [0.15, 0.2) is 0 Å². The van der Waals surface area contributed by atoms with E-state index in [1.165, 1.54) is 13.3 Å². The molecule has 13 heteroatoms. The Kier molecular flexibility index (Phi) is 7.32. The fraction of sp³-hybridized carbons (Fsp3) is 0.562. The standard InChI is InChI=1S/C16H24N4O7S2/c1-27-16(22)13(9-12-5-4-6-17-10-12)18-15(21)14-11-19(28(2,23)24)7-8-20(14)29(3,25)26/h4-6,10,13-14H,7-9,11H2,1-3H3,(H,18,21). The molecule has 2 atom stereocenters. The van der Waals surface area contributed by atoms with Crippen LogP contribution in [0.1, 0.15) is 5.56 Å². The van der Waals surface area contributed by atoms with Crippen molar-refractivity contribution in [1.29, 1.82) is 0 Å². The van der Waals surface area contributed by atoms with E-state index in [9.17, 15) is 26.4 Å². The number of hydrogen-bond donors (Lipinski definition) is 1. The molecule has 162 valence electrons. The molecule has 0 radical (unpaired) electrons. The molecule has 1 saturated heterocycles. The zero-order chi connectivity index (χ0) is 21.8. The van der Waals surface area contributed by atoms with Gasteiger partial charge in [-0.25, -0.2) is 21.6 Å². The van der Waals surface area contributed by atoms with Crippen LogP contribution >= 0.6 is 0 Å². The molecular weight excluding hydrogens is 424 g/mol. The highest BCUT2D eigenvalue weighted by Crippen LogP contribution is 2.17. The molecule has 0 saturated carbocycles. The van der Waals surface area contributed by atoms with Crippen LogP contribution in [0.4, 0.5) is 0 Å². The molecule has 2 unspecified atom stereocenters. The van der Waals surface area contributed by atoms with Crippen molar-refractivity contribution < 1.29 is 31.2 Å². The van der Waals surface area contributed by atoms with Crippen molar-refractivity contribution >= 4 is 31.9 Å². The second-order valence-corrected chi connectivity index (χ2v) is 10.6. The number of hydrogen-bond acceptors (Lipinski definition) is 8. The molecule has 0 aromatic carbocycles. The van der Waals surface area contributed by atoms with E-state index < -0.39 is 44.0 Å². The highest BCUT2D eigenvalue weighted by molar-refractivity contribution is 7.88. The van der Waals surface area contributed by atoms with Crippen LogP contribution in [0.5, 0.6) is 0 Å². The number of rotatable bonds is 7. The first kappa shape index (κ1) is 23.2. The summed E-state index contributed by atoms with van der Waals surface area (Å²) in [6, 6.07) is 0.979. The summed E-state index contributed by atoms with van der Waals surface area (Å²) in [7, 11) is -6.25. The number of carbonyl (C=O) groups is 2. The minimum Gasteiger partial charge on any atom is -0.467 e. The van der Waals surface area contributed by atoms with Gasteiger partial charge in [0.25, 0.3) is 0 Å². The number of esters is 1. The van der Waals surface area contributed by atoms with Crippen molar-refractivity contribution in [3.8, 4) is 0 Å². The van der Waals surface area contributed by atoms with Crippen LogP contribution in [0.15, 0.2) is 24.5 Å². The van der Waals surface area contributed by atoms with Gasteiger partial charge in [-0.15, -0.1) is 0 Å². The Morgan fingerprint density at radius 3 is 2.45 bits per heavy atom. The lowest BCUT2D eigenvalue weighted by Gasteiger charge is -2.38. The first-order valence-corrected chi connectivity index (χ1v) is 12.3. The number of methoxy groups -OCH3 is 1. The molecule has 1 aliphatic heterocycles.